The number of rotatable bonds is 0. The average molecular weight is 215 g/mol. The summed E-state index contributed by atoms with van der Waals surface area (Å²) >= 11 is 5.11. The molecule has 0 atom stereocenters. The molecule has 1 aromatic rings. The van der Waals surface area contributed by atoms with E-state index in [1.54, 1.807) is 0 Å². The van der Waals surface area contributed by atoms with Crippen LogP contribution in [0, 0.1) is 5.82 Å². The highest BCUT2D eigenvalue weighted by Crippen LogP contribution is 2.39. The monoisotopic (exact) mass is 214 g/mol. The summed E-state index contributed by atoms with van der Waals surface area (Å²) in [6, 6.07) is 0.736. The Labute approximate surface area is 75.6 Å². The van der Waals surface area contributed by atoms with E-state index in [0.717, 1.165) is 0 Å². The number of halogens is 5. The van der Waals surface area contributed by atoms with E-state index < -0.39 is 28.3 Å². The molecule has 0 aliphatic heterocycles. The third-order valence-electron chi connectivity index (χ3n) is 1.32. The Morgan fingerprint density at radius 1 is 1.23 bits per heavy atom. The first-order valence-electron chi connectivity index (χ1n) is 3.07. The van der Waals surface area contributed by atoms with Crippen LogP contribution in [0.1, 0.15) is 5.56 Å². The van der Waals surface area contributed by atoms with Crippen molar-refractivity contribution in [3.05, 3.63) is 28.5 Å². The third-order valence-corrected chi connectivity index (χ3v) is 1.72. The molecule has 0 radical (unpaired) electrons. The van der Waals surface area contributed by atoms with Crippen LogP contribution in [-0.2, 0) is 6.18 Å². The van der Waals surface area contributed by atoms with Gasteiger partial charge in [-0.05, 0) is 6.07 Å². The number of alkyl halides is 3. The largest absolute Gasteiger partial charge is 0.506 e. The van der Waals surface area contributed by atoms with Crippen LogP contribution in [0.15, 0.2) is 12.1 Å². The van der Waals surface area contributed by atoms with Crippen molar-refractivity contribution in [2.75, 3.05) is 0 Å². The average Bonchev–Trinajstić information content (AvgIpc) is 1.94. The first-order chi connectivity index (χ1) is 5.82. The Morgan fingerprint density at radius 2 is 1.77 bits per heavy atom. The van der Waals surface area contributed by atoms with Crippen molar-refractivity contribution in [1.82, 2.24) is 0 Å². The van der Waals surface area contributed by atoms with E-state index in [-0.39, 0.29) is 6.07 Å². The lowest BCUT2D eigenvalue weighted by atomic mass is 10.2. The summed E-state index contributed by atoms with van der Waals surface area (Å²) < 4.78 is 48.6. The normalized spacial score (nSPS) is 11.8. The van der Waals surface area contributed by atoms with Crippen molar-refractivity contribution in [2.24, 2.45) is 0 Å². The standard InChI is InChI=1S/C7H3ClF4O/c8-6-4(7(10,11)12)1-3(9)2-5(6)13/h1-2,13H. The first kappa shape index (κ1) is 10.1. The molecule has 0 unspecified atom stereocenters. The zero-order valence-corrected chi connectivity index (χ0v) is 6.75. The molecule has 0 spiro atoms. The molecule has 0 aromatic heterocycles. The molecular formula is C7H3ClF4O. The second-order valence-electron chi connectivity index (χ2n) is 2.28. The zero-order valence-electron chi connectivity index (χ0n) is 5.99. The van der Waals surface area contributed by atoms with E-state index >= 15 is 0 Å². The molecule has 13 heavy (non-hydrogen) atoms. The molecule has 0 aliphatic carbocycles. The highest BCUT2D eigenvalue weighted by molar-refractivity contribution is 6.32. The van der Waals surface area contributed by atoms with E-state index in [9.17, 15) is 17.6 Å². The van der Waals surface area contributed by atoms with Gasteiger partial charge in [0.15, 0.2) is 0 Å². The highest BCUT2D eigenvalue weighted by Gasteiger charge is 2.34. The Balaban J connectivity index is 3.37. The number of phenolic OH excluding ortho intramolecular Hbond substituents is 1. The fourth-order valence-electron chi connectivity index (χ4n) is 0.781. The molecule has 0 saturated heterocycles. The minimum atomic E-state index is -4.77. The van der Waals surface area contributed by atoms with E-state index in [4.69, 9.17) is 16.7 Å². The van der Waals surface area contributed by atoms with Crippen LogP contribution in [-0.4, -0.2) is 5.11 Å². The van der Waals surface area contributed by atoms with Crippen LogP contribution in [0.2, 0.25) is 5.02 Å². The van der Waals surface area contributed by atoms with Crippen LogP contribution < -0.4 is 0 Å². The topological polar surface area (TPSA) is 20.2 Å². The lowest BCUT2D eigenvalue weighted by Gasteiger charge is -2.09. The summed E-state index contributed by atoms with van der Waals surface area (Å²) in [6.07, 6.45) is -4.77. The smallest absolute Gasteiger partial charge is 0.418 e. The van der Waals surface area contributed by atoms with Gasteiger partial charge in [-0.3, -0.25) is 0 Å². The van der Waals surface area contributed by atoms with Crippen molar-refractivity contribution in [3.8, 4) is 5.75 Å². The number of hydrogen-bond acceptors (Lipinski definition) is 1. The first-order valence-corrected chi connectivity index (χ1v) is 3.45. The van der Waals surface area contributed by atoms with Gasteiger partial charge >= 0.3 is 6.18 Å². The maximum atomic E-state index is 12.4. The van der Waals surface area contributed by atoms with Crippen LogP contribution >= 0.6 is 11.6 Å². The van der Waals surface area contributed by atoms with E-state index in [1.807, 2.05) is 0 Å². The Kier molecular flexibility index (Phi) is 2.38. The lowest BCUT2D eigenvalue weighted by molar-refractivity contribution is -0.137. The van der Waals surface area contributed by atoms with Crippen LogP contribution in [0.25, 0.3) is 0 Å². The summed E-state index contributed by atoms with van der Waals surface area (Å²) in [5.41, 5.74) is -1.38. The van der Waals surface area contributed by atoms with Gasteiger partial charge in [0.2, 0.25) is 0 Å². The predicted molar refractivity (Wildman–Crippen MR) is 38.1 cm³/mol. The molecule has 0 heterocycles. The minimum absolute atomic E-state index is 0.224. The van der Waals surface area contributed by atoms with Gasteiger partial charge in [-0.25, -0.2) is 4.39 Å². The molecule has 72 valence electrons. The quantitative estimate of drug-likeness (QED) is 0.658. The summed E-state index contributed by atoms with van der Waals surface area (Å²) in [7, 11) is 0. The molecule has 6 heteroatoms. The molecule has 0 saturated carbocycles. The number of phenols is 1. The van der Waals surface area contributed by atoms with Gasteiger partial charge in [-0.1, -0.05) is 11.6 Å². The molecule has 0 amide bonds. The number of aromatic hydroxyl groups is 1. The summed E-state index contributed by atoms with van der Waals surface area (Å²) in [5.74, 6) is -2.11. The zero-order chi connectivity index (χ0) is 10.2. The van der Waals surface area contributed by atoms with Crippen molar-refractivity contribution in [3.63, 3.8) is 0 Å². The molecule has 1 nitrogen and oxygen atoms in total. The van der Waals surface area contributed by atoms with E-state index in [2.05, 4.69) is 0 Å². The number of benzene rings is 1. The maximum absolute atomic E-state index is 12.4. The summed E-state index contributed by atoms with van der Waals surface area (Å²) in [5, 5.41) is 7.88. The molecule has 1 aromatic carbocycles. The van der Waals surface area contributed by atoms with Crippen molar-refractivity contribution < 1.29 is 22.7 Å². The van der Waals surface area contributed by atoms with Gasteiger partial charge < -0.3 is 5.11 Å². The van der Waals surface area contributed by atoms with Crippen molar-refractivity contribution in [2.45, 2.75) is 6.18 Å². The van der Waals surface area contributed by atoms with E-state index in [0.29, 0.717) is 6.07 Å². The van der Waals surface area contributed by atoms with Gasteiger partial charge in [0, 0.05) is 6.07 Å². The van der Waals surface area contributed by atoms with Gasteiger partial charge in [0.05, 0.1) is 10.6 Å². The van der Waals surface area contributed by atoms with Gasteiger partial charge in [0.1, 0.15) is 11.6 Å². The van der Waals surface area contributed by atoms with Gasteiger partial charge in [-0.15, -0.1) is 0 Å². The fourth-order valence-corrected chi connectivity index (χ4v) is 0.997. The minimum Gasteiger partial charge on any atom is -0.506 e. The SMILES string of the molecule is Oc1cc(F)cc(C(F)(F)F)c1Cl. The van der Waals surface area contributed by atoms with E-state index in [1.165, 1.54) is 0 Å². The van der Waals surface area contributed by atoms with Gasteiger partial charge in [0.25, 0.3) is 0 Å². The summed E-state index contributed by atoms with van der Waals surface area (Å²) in [4.78, 5) is 0. The Hall–Kier alpha value is -0.970. The Morgan fingerprint density at radius 3 is 2.23 bits per heavy atom. The summed E-state index contributed by atoms with van der Waals surface area (Å²) in [6.45, 7) is 0. The highest BCUT2D eigenvalue weighted by atomic mass is 35.5. The molecule has 0 aliphatic rings. The van der Waals surface area contributed by atoms with Crippen molar-refractivity contribution >= 4 is 11.6 Å². The molecule has 0 bridgehead atoms. The second-order valence-corrected chi connectivity index (χ2v) is 2.66. The third kappa shape index (κ3) is 2.03. The molecular weight excluding hydrogens is 212 g/mol. The molecule has 1 N–H and O–H groups in total. The number of hydrogen-bond donors (Lipinski definition) is 1. The van der Waals surface area contributed by atoms with Crippen molar-refractivity contribution in [1.29, 1.82) is 0 Å². The van der Waals surface area contributed by atoms with Crippen LogP contribution in [0.3, 0.4) is 0 Å². The van der Waals surface area contributed by atoms with Gasteiger partial charge in [-0.2, -0.15) is 13.2 Å². The molecule has 1 rings (SSSR count). The predicted octanol–water partition coefficient (Wildman–Crippen LogP) is 3.20. The molecule has 0 fully saturated rings. The Bertz CT molecular complexity index is 334. The lowest BCUT2D eigenvalue weighted by Crippen LogP contribution is -2.06. The second kappa shape index (κ2) is 3.06. The maximum Gasteiger partial charge on any atom is 0.418 e. The van der Waals surface area contributed by atoms with Crippen LogP contribution in [0.5, 0.6) is 5.75 Å². The fraction of sp³-hybridized carbons (Fsp3) is 0.143. The van der Waals surface area contributed by atoms with Crippen LogP contribution in [0.4, 0.5) is 17.6 Å².